The van der Waals surface area contributed by atoms with Gasteiger partial charge in [-0.25, -0.2) is 9.29 Å². The number of carbonyl (C=O) groups is 2. The lowest BCUT2D eigenvalue weighted by molar-refractivity contribution is -0.120. The van der Waals surface area contributed by atoms with Crippen LogP contribution in [0.2, 0.25) is 5.02 Å². The van der Waals surface area contributed by atoms with Gasteiger partial charge in [-0.15, -0.1) is 0 Å². The van der Waals surface area contributed by atoms with Crippen molar-refractivity contribution in [2.45, 2.75) is 18.7 Å². The smallest absolute Gasteiger partial charge is 0.283 e. The lowest BCUT2D eigenvalue weighted by atomic mass is 10.2. The molecule has 32 heavy (non-hydrogen) atoms. The molecule has 3 aromatic rings. The molecule has 1 aliphatic rings. The second kappa shape index (κ2) is 9.18. The van der Waals surface area contributed by atoms with Crippen molar-refractivity contribution in [2.75, 3.05) is 16.3 Å². The van der Waals surface area contributed by atoms with Crippen LogP contribution in [0.1, 0.15) is 12.5 Å². The highest BCUT2D eigenvalue weighted by Crippen LogP contribution is 2.40. The van der Waals surface area contributed by atoms with Gasteiger partial charge in [-0.3, -0.25) is 9.59 Å². The molecule has 1 aliphatic heterocycles. The maximum Gasteiger partial charge on any atom is 0.283 e. The van der Waals surface area contributed by atoms with Gasteiger partial charge in [0.25, 0.3) is 11.8 Å². The van der Waals surface area contributed by atoms with Crippen LogP contribution in [0.5, 0.6) is 0 Å². The van der Waals surface area contributed by atoms with Crippen LogP contribution in [0.4, 0.5) is 15.8 Å². The molecule has 1 heterocycles. The number of benzene rings is 3. The number of para-hydroxylation sites is 1. The van der Waals surface area contributed by atoms with Crippen LogP contribution < -0.4 is 9.80 Å². The molecule has 0 fully saturated rings. The van der Waals surface area contributed by atoms with E-state index in [0.717, 1.165) is 27.1 Å². The van der Waals surface area contributed by atoms with Gasteiger partial charge in [0, 0.05) is 17.1 Å². The predicted molar refractivity (Wildman–Crippen MR) is 127 cm³/mol. The molecular formula is C25H20ClFN2O2S. The lowest BCUT2D eigenvalue weighted by Gasteiger charge is -2.24. The number of carbonyl (C=O) groups excluding carboxylic acids is 2. The number of amides is 2. The molecule has 0 aromatic heterocycles. The van der Waals surface area contributed by atoms with Crippen LogP contribution in [0.25, 0.3) is 0 Å². The van der Waals surface area contributed by atoms with Gasteiger partial charge in [0.05, 0.1) is 10.7 Å². The van der Waals surface area contributed by atoms with E-state index in [-0.39, 0.29) is 16.4 Å². The third-order valence-corrected chi connectivity index (χ3v) is 6.44. The summed E-state index contributed by atoms with van der Waals surface area (Å²) in [5, 5.41) is -0.153. The first-order valence-electron chi connectivity index (χ1n) is 10.1. The summed E-state index contributed by atoms with van der Waals surface area (Å²) < 4.78 is 13.7. The van der Waals surface area contributed by atoms with E-state index < -0.39 is 17.6 Å². The summed E-state index contributed by atoms with van der Waals surface area (Å²) in [5.41, 5.74) is 2.41. The SMILES string of the molecule is CCN(C1=C(Sc2ccc(C)cc2)C(=O)N(c2ccc(F)c(Cl)c2)C1=O)c1ccccc1. The average molecular weight is 467 g/mol. The summed E-state index contributed by atoms with van der Waals surface area (Å²) >= 11 is 7.18. The number of halogens is 2. The molecule has 2 amide bonds. The normalized spacial score (nSPS) is 13.8. The van der Waals surface area contributed by atoms with Crippen molar-refractivity contribution in [1.29, 1.82) is 0 Å². The summed E-state index contributed by atoms with van der Waals surface area (Å²) in [6.07, 6.45) is 0. The fourth-order valence-electron chi connectivity index (χ4n) is 3.49. The Kier molecular flexibility index (Phi) is 6.35. The fraction of sp³-hybridized carbons (Fsp3) is 0.120. The van der Waals surface area contributed by atoms with Crippen molar-refractivity contribution >= 4 is 46.6 Å². The van der Waals surface area contributed by atoms with Gasteiger partial charge < -0.3 is 4.90 Å². The standard InChI is InChI=1S/C25H20ClFN2O2S/c1-3-28(17-7-5-4-6-8-17)22-23(32-19-12-9-16(2)10-13-19)25(31)29(24(22)30)18-11-14-21(27)20(26)15-18/h4-15H,3H2,1-2H3. The molecule has 0 saturated carbocycles. The Hall–Kier alpha value is -3.09. The highest BCUT2D eigenvalue weighted by Gasteiger charge is 2.42. The molecule has 0 atom stereocenters. The van der Waals surface area contributed by atoms with Crippen LogP contribution in [0.3, 0.4) is 0 Å². The van der Waals surface area contributed by atoms with Gasteiger partial charge in [-0.2, -0.15) is 0 Å². The summed E-state index contributed by atoms with van der Waals surface area (Å²) in [4.78, 5) is 31.1. The van der Waals surface area contributed by atoms with Gasteiger partial charge in [0.1, 0.15) is 16.4 Å². The largest absolute Gasteiger partial charge is 0.336 e. The van der Waals surface area contributed by atoms with Crippen LogP contribution in [0.15, 0.2) is 88.3 Å². The summed E-state index contributed by atoms with van der Waals surface area (Å²) in [6.45, 7) is 4.38. The summed E-state index contributed by atoms with van der Waals surface area (Å²) in [7, 11) is 0. The topological polar surface area (TPSA) is 40.6 Å². The molecule has 0 bridgehead atoms. The molecule has 4 rings (SSSR count). The van der Waals surface area contributed by atoms with Gasteiger partial charge in [-0.05, 0) is 56.3 Å². The first kappa shape index (κ1) is 22.1. The molecule has 0 aliphatic carbocycles. The Bertz CT molecular complexity index is 1210. The van der Waals surface area contributed by atoms with E-state index in [9.17, 15) is 14.0 Å². The van der Waals surface area contributed by atoms with Crippen LogP contribution >= 0.6 is 23.4 Å². The molecule has 0 radical (unpaired) electrons. The molecule has 7 heteroatoms. The minimum atomic E-state index is -0.614. The minimum Gasteiger partial charge on any atom is -0.336 e. The maximum atomic E-state index is 13.7. The summed E-state index contributed by atoms with van der Waals surface area (Å²) in [5.74, 6) is -1.55. The molecular weight excluding hydrogens is 447 g/mol. The van der Waals surface area contributed by atoms with Crippen molar-refractivity contribution in [1.82, 2.24) is 0 Å². The molecule has 0 unspecified atom stereocenters. The minimum absolute atomic E-state index is 0.153. The van der Waals surface area contributed by atoms with E-state index in [4.69, 9.17) is 11.6 Å². The van der Waals surface area contributed by atoms with Gasteiger partial charge in [0.15, 0.2) is 0 Å². The Morgan fingerprint density at radius 2 is 1.66 bits per heavy atom. The van der Waals surface area contributed by atoms with E-state index in [1.165, 1.54) is 23.9 Å². The number of hydrogen-bond donors (Lipinski definition) is 0. The molecule has 3 aromatic carbocycles. The zero-order chi connectivity index (χ0) is 22.8. The van der Waals surface area contributed by atoms with Crippen molar-refractivity contribution in [3.05, 3.63) is 99.8 Å². The van der Waals surface area contributed by atoms with Crippen LogP contribution in [-0.4, -0.2) is 18.4 Å². The molecule has 162 valence electrons. The lowest BCUT2D eigenvalue weighted by Crippen LogP contribution is -2.35. The number of hydrogen-bond acceptors (Lipinski definition) is 4. The Morgan fingerprint density at radius 1 is 0.969 bits per heavy atom. The quantitative estimate of drug-likeness (QED) is 0.406. The highest BCUT2D eigenvalue weighted by molar-refractivity contribution is 8.04. The second-order valence-electron chi connectivity index (χ2n) is 7.22. The monoisotopic (exact) mass is 466 g/mol. The molecule has 0 saturated heterocycles. The van der Waals surface area contributed by atoms with E-state index in [1.807, 2.05) is 73.3 Å². The third kappa shape index (κ3) is 4.16. The number of imide groups is 1. The zero-order valence-corrected chi connectivity index (χ0v) is 19.1. The summed E-state index contributed by atoms with van der Waals surface area (Å²) in [6, 6.07) is 21.0. The Balaban J connectivity index is 1.83. The van der Waals surface area contributed by atoms with Gasteiger partial charge in [0.2, 0.25) is 0 Å². The van der Waals surface area contributed by atoms with Gasteiger partial charge in [-0.1, -0.05) is 59.3 Å². The van der Waals surface area contributed by atoms with E-state index in [1.54, 1.807) is 0 Å². The maximum absolute atomic E-state index is 13.7. The van der Waals surface area contributed by atoms with Gasteiger partial charge >= 0.3 is 0 Å². The first-order valence-corrected chi connectivity index (χ1v) is 11.3. The third-order valence-electron chi connectivity index (χ3n) is 5.07. The molecule has 0 N–H and O–H groups in total. The predicted octanol–water partition coefficient (Wildman–Crippen LogP) is 6.19. The Labute approximate surface area is 195 Å². The second-order valence-corrected chi connectivity index (χ2v) is 8.71. The van der Waals surface area contributed by atoms with Crippen molar-refractivity contribution in [3.63, 3.8) is 0 Å². The number of aryl methyl sites for hydroxylation is 1. The van der Waals surface area contributed by atoms with Crippen molar-refractivity contribution in [3.8, 4) is 0 Å². The number of nitrogens with zero attached hydrogens (tertiary/aromatic N) is 2. The van der Waals surface area contributed by atoms with E-state index in [0.29, 0.717) is 11.4 Å². The number of thioether (sulfide) groups is 1. The van der Waals surface area contributed by atoms with Crippen LogP contribution in [0, 0.1) is 12.7 Å². The number of anilines is 2. The van der Waals surface area contributed by atoms with Crippen LogP contribution in [-0.2, 0) is 9.59 Å². The Morgan fingerprint density at radius 3 is 2.28 bits per heavy atom. The fourth-order valence-corrected chi connectivity index (χ4v) is 4.64. The first-order chi connectivity index (χ1) is 15.4. The zero-order valence-electron chi connectivity index (χ0n) is 17.5. The highest BCUT2D eigenvalue weighted by atomic mass is 35.5. The van der Waals surface area contributed by atoms with Crippen molar-refractivity contribution < 1.29 is 14.0 Å². The number of likely N-dealkylation sites (N-methyl/N-ethyl adjacent to an activating group) is 1. The molecule has 4 nitrogen and oxygen atoms in total. The molecule has 0 spiro atoms. The van der Waals surface area contributed by atoms with E-state index >= 15 is 0 Å². The average Bonchev–Trinajstić information content (AvgIpc) is 3.03. The number of rotatable bonds is 6. The van der Waals surface area contributed by atoms with E-state index in [2.05, 4.69) is 0 Å². The van der Waals surface area contributed by atoms with Crippen molar-refractivity contribution in [2.24, 2.45) is 0 Å².